The first kappa shape index (κ1) is 11.9. The van der Waals surface area contributed by atoms with Crippen LogP contribution in [0.4, 0.5) is 0 Å². The molecule has 1 heterocycles. The average molecular weight is 224 g/mol. The molecule has 0 aromatic heterocycles. The highest BCUT2D eigenvalue weighted by atomic mass is 16.2. The fraction of sp³-hybridized carbons (Fsp3) is 0.923. The Morgan fingerprint density at radius 3 is 2.81 bits per heavy atom. The first-order chi connectivity index (χ1) is 7.72. The van der Waals surface area contributed by atoms with Gasteiger partial charge >= 0.3 is 0 Å². The van der Waals surface area contributed by atoms with Crippen LogP contribution in [0.2, 0.25) is 0 Å². The molecule has 2 rings (SSSR count). The van der Waals surface area contributed by atoms with Crippen LogP contribution < -0.4 is 5.32 Å². The standard InChI is InChI=1S/C13H24N2O/c1-3-13(6-7-13)12(16)15-8-4-5-11(10-15)9-14-2/h11,14H,3-10H2,1-2H3. The smallest absolute Gasteiger partial charge is 0.228 e. The SMILES string of the molecule is CCC1(C(=O)N2CCCC(CNC)C2)CC1. The molecule has 1 aliphatic heterocycles. The van der Waals surface area contributed by atoms with Crippen LogP contribution in [-0.4, -0.2) is 37.5 Å². The van der Waals surface area contributed by atoms with E-state index in [2.05, 4.69) is 17.1 Å². The summed E-state index contributed by atoms with van der Waals surface area (Å²) in [4.78, 5) is 14.5. The Labute approximate surface area is 98.6 Å². The summed E-state index contributed by atoms with van der Waals surface area (Å²) in [6.07, 6.45) is 5.71. The molecule has 3 nitrogen and oxygen atoms in total. The van der Waals surface area contributed by atoms with Gasteiger partial charge in [0.2, 0.25) is 5.91 Å². The number of piperidine rings is 1. The summed E-state index contributed by atoms with van der Waals surface area (Å²) in [6, 6.07) is 0. The Hall–Kier alpha value is -0.570. The second-order valence-corrected chi connectivity index (χ2v) is 5.45. The summed E-state index contributed by atoms with van der Waals surface area (Å²) in [5, 5.41) is 3.23. The van der Waals surface area contributed by atoms with Crippen molar-refractivity contribution in [1.29, 1.82) is 0 Å². The third-order valence-corrected chi connectivity index (χ3v) is 4.28. The van der Waals surface area contributed by atoms with Crippen molar-refractivity contribution in [3.63, 3.8) is 0 Å². The van der Waals surface area contributed by atoms with Gasteiger partial charge in [0.25, 0.3) is 0 Å². The maximum atomic E-state index is 12.4. The lowest BCUT2D eigenvalue weighted by Crippen LogP contribution is -2.45. The molecule has 0 aromatic carbocycles. The number of hydrogen-bond acceptors (Lipinski definition) is 2. The molecular weight excluding hydrogens is 200 g/mol. The summed E-state index contributed by atoms with van der Waals surface area (Å²) >= 11 is 0. The minimum atomic E-state index is 0.0571. The minimum Gasteiger partial charge on any atom is -0.342 e. The normalized spacial score (nSPS) is 27.9. The van der Waals surface area contributed by atoms with Crippen LogP contribution in [0.5, 0.6) is 0 Å². The van der Waals surface area contributed by atoms with Gasteiger partial charge in [-0.15, -0.1) is 0 Å². The summed E-state index contributed by atoms with van der Waals surface area (Å²) in [7, 11) is 2.00. The van der Waals surface area contributed by atoms with E-state index in [1.165, 1.54) is 12.8 Å². The molecule has 0 aromatic rings. The fourth-order valence-electron chi connectivity index (χ4n) is 2.91. The van der Waals surface area contributed by atoms with Gasteiger partial charge in [0, 0.05) is 18.5 Å². The number of likely N-dealkylation sites (tertiary alicyclic amines) is 1. The van der Waals surface area contributed by atoms with Crippen LogP contribution in [-0.2, 0) is 4.79 Å². The third-order valence-electron chi connectivity index (χ3n) is 4.28. The second-order valence-electron chi connectivity index (χ2n) is 5.45. The Morgan fingerprint density at radius 1 is 1.50 bits per heavy atom. The quantitative estimate of drug-likeness (QED) is 0.787. The molecule has 1 aliphatic carbocycles. The molecule has 2 aliphatic rings. The molecule has 0 spiro atoms. The van der Waals surface area contributed by atoms with Gasteiger partial charge in [-0.3, -0.25) is 4.79 Å². The topological polar surface area (TPSA) is 32.3 Å². The number of hydrogen-bond donors (Lipinski definition) is 1. The zero-order valence-corrected chi connectivity index (χ0v) is 10.6. The predicted molar refractivity (Wildman–Crippen MR) is 65.2 cm³/mol. The van der Waals surface area contributed by atoms with Crippen LogP contribution in [0.15, 0.2) is 0 Å². The van der Waals surface area contributed by atoms with Crippen molar-refractivity contribution < 1.29 is 4.79 Å². The molecule has 1 unspecified atom stereocenters. The third kappa shape index (κ3) is 2.24. The lowest BCUT2D eigenvalue weighted by Gasteiger charge is -2.35. The molecule has 1 atom stereocenters. The highest BCUT2D eigenvalue weighted by Crippen LogP contribution is 2.50. The minimum absolute atomic E-state index is 0.0571. The van der Waals surface area contributed by atoms with Crippen LogP contribution in [0.25, 0.3) is 0 Å². The first-order valence-electron chi connectivity index (χ1n) is 6.66. The molecule has 1 N–H and O–H groups in total. The maximum Gasteiger partial charge on any atom is 0.228 e. The second kappa shape index (κ2) is 4.74. The van der Waals surface area contributed by atoms with Crippen molar-refractivity contribution in [1.82, 2.24) is 10.2 Å². The van der Waals surface area contributed by atoms with E-state index in [4.69, 9.17) is 0 Å². The van der Waals surface area contributed by atoms with Crippen LogP contribution in [0, 0.1) is 11.3 Å². The zero-order chi connectivity index (χ0) is 11.6. The van der Waals surface area contributed by atoms with E-state index < -0.39 is 0 Å². The Morgan fingerprint density at radius 2 is 2.25 bits per heavy atom. The molecule has 1 amide bonds. The lowest BCUT2D eigenvalue weighted by molar-refractivity contribution is -0.139. The van der Waals surface area contributed by atoms with Crippen molar-refractivity contribution in [2.75, 3.05) is 26.7 Å². The molecule has 3 heteroatoms. The Kier molecular flexibility index (Phi) is 3.53. The van der Waals surface area contributed by atoms with Gasteiger partial charge in [0.15, 0.2) is 0 Å². The van der Waals surface area contributed by atoms with Crippen molar-refractivity contribution in [2.45, 2.75) is 39.0 Å². The largest absolute Gasteiger partial charge is 0.342 e. The fourth-order valence-corrected chi connectivity index (χ4v) is 2.91. The van der Waals surface area contributed by atoms with E-state index in [1.54, 1.807) is 0 Å². The monoisotopic (exact) mass is 224 g/mol. The number of carbonyl (C=O) groups is 1. The van der Waals surface area contributed by atoms with Crippen molar-refractivity contribution in [3.05, 3.63) is 0 Å². The summed E-state index contributed by atoms with van der Waals surface area (Å²) in [5.41, 5.74) is 0.0571. The number of rotatable bonds is 4. The van der Waals surface area contributed by atoms with Crippen molar-refractivity contribution in [2.24, 2.45) is 11.3 Å². The number of nitrogens with one attached hydrogen (secondary N) is 1. The Bertz CT molecular complexity index is 259. The van der Waals surface area contributed by atoms with Gasteiger partial charge in [-0.05, 0) is 51.6 Å². The van der Waals surface area contributed by atoms with E-state index in [0.717, 1.165) is 38.9 Å². The molecule has 92 valence electrons. The van der Waals surface area contributed by atoms with Crippen LogP contribution in [0.1, 0.15) is 39.0 Å². The molecule has 1 saturated carbocycles. The molecular formula is C13H24N2O. The Balaban J connectivity index is 1.91. The van der Waals surface area contributed by atoms with E-state index in [0.29, 0.717) is 11.8 Å². The van der Waals surface area contributed by atoms with Crippen molar-refractivity contribution >= 4 is 5.91 Å². The lowest BCUT2D eigenvalue weighted by atomic mass is 9.94. The maximum absolute atomic E-state index is 12.4. The van der Waals surface area contributed by atoms with Gasteiger partial charge < -0.3 is 10.2 Å². The van der Waals surface area contributed by atoms with E-state index in [1.807, 2.05) is 7.05 Å². The van der Waals surface area contributed by atoms with Gasteiger partial charge in [-0.25, -0.2) is 0 Å². The molecule has 2 fully saturated rings. The molecule has 1 saturated heterocycles. The average Bonchev–Trinajstić information content (AvgIpc) is 3.10. The van der Waals surface area contributed by atoms with E-state index in [-0.39, 0.29) is 5.41 Å². The van der Waals surface area contributed by atoms with E-state index in [9.17, 15) is 4.79 Å². The molecule has 0 radical (unpaired) electrons. The number of carbonyl (C=O) groups excluding carboxylic acids is 1. The van der Waals surface area contributed by atoms with Gasteiger partial charge in [-0.1, -0.05) is 6.92 Å². The predicted octanol–water partition coefficient (Wildman–Crippen LogP) is 1.63. The highest BCUT2D eigenvalue weighted by molar-refractivity contribution is 5.85. The number of amides is 1. The summed E-state index contributed by atoms with van der Waals surface area (Å²) < 4.78 is 0. The first-order valence-corrected chi connectivity index (χ1v) is 6.66. The summed E-state index contributed by atoms with van der Waals surface area (Å²) in [5.74, 6) is 1.10. The van der Waals surface area contributed by atoms with Crippen LogP contribution >= 0.6 is 0 Å². The van der Waals surface area contributed by atoms with Gasteiger partial charge in [0.05, 0.1) is 0 Å². The van der Waals surface area contributed by atoms with E-state index >= 15 is 0 Å². The van der Waals surface area contributed by atoms with Crippen LogP contribution in [0.3, 0.4) is 0 Å². The van der Waals surface area contributed by atoms with Crippen molar-refractivity contribution in [3.8, 4) is 0 Å². The zero-order valence-electron chi connectivity index (χ0n) is 10.6. The summed E-state index contributed by atoms with van der Waals surface area (Å²) in [6.45, 7) is 5.16. The molecule has 0 bridgehead atoms. The van der Waals surface area contributed by atoms with Gasteiger partial charge in [-0.2, -0.15) is 0 Å². The van der Waals surface area contributed by atoms with Gasteiger partial charge in [0.1, 0.15) is 0 Å². The number of nitrogens with zero attached hydrogens (tertiary/aromatic N) is 1. The molecule has 16 heavy (non-hydrogen) atoms. The highest BCUT2D eigenvalue weighted by Gasteiger charge is 2.50.